The standard InChI is InChI=1S/C28H46O2.C7H15N3O.5H2/c1-18-8-7-14-28(29-17-18)19(2)25-24(30-28)16-23-21-11-10-20-9-5-6-13-26(20,3)22(21)12-15-27(23,25)4;1-10-4-2-6(3-5-10)9-7(8)11;;;;;/h18-25H,5-17H2,1-4H3;6H,2-5H2,1H3,(H3,8,9,11);5*1H/t18?,19-,20-,21+,22?,23?,24-,25?,26-,27-,28+;;;;;;/m0....../s1. The molecule has 7 fully saturated rings. The van der Waals surface area contributed by atoms with Gasteiger partial charge in [0.05, 0.1) is 12.7 Å². The van der Waals surface area contributed by atoms with E-state index in [1.807, 2.05) is 0 Å². The van der Waals surface area contributed by atoms with E-state index in [1.165, 1.54) is 70.6 Å². The fourth-order valence-corrected chi connectivity index (χ4v) is 11.9. The van der Waals surface area contributed by atoms with Gasteiger partial charge < -0.3 is 25.4 Å². The third kappa shape index (κ3) is 5.39. The third-order valence-corrected chi connectivity index (χ3v) is 14.2. The molecule has 11 atom stereocenters. The van der Waals surface area contributed by atoms with Crippen LogP contribution in [0.5, 0.6) is 0 Å². The number of nitrogens with one attached hydrogen (secondary N) is 1. The van der Waals surface area contributed by atoms with Crippen LogP contribution in [0.3, 0.4) is 0 Å². The number of urea groups is 1. The molecular formula is C35H71N3O3. The van der Waals surface area contributed by atoms with Gasteiger partial charge in [-0.2, -0.15) is 0 Å². The van der Waals surface area contributed by atoms with Crippen molar-refractivity contribution in [3.8, 4) is 0 Å². The second-order valence-corrected chi connectivity index (χ2v) is 16.4. The third-order valence-electron chi connectivity index (χ3n) is 14.2. The van der Waals surface area contributed by atoms with Crippen LogP contribution in [0, 0.1) is 52.3 Å². The van der Waals surface area contributed by atoms with Gasteiger partial charge in [-0.05, 0) is 137 Å². The summed E-state index contributed by atoms with van der Waals surface area (Å²) >= 11 is 0. The molecule has 7 aliphatic rings. The molecule has 4 unspecified atom stereocenters. The summed E-state index contributed by atoms with van der Waals surface area (Å²) in [5.41, 5.74) is 6.12. The lowest BCUT2D eigenvalue weighted by molar-refractivity contribution is -0.250. The van der Waals surface area contributed by atoms with Crippen molar-refractivity contribution >= 4 is 6.03 Å². The average Bonchev–Trinajstić information content (AvgIpc) is 3.29. The van der Waals surface area contributed by atoms with Crippen LogP contribution in [0.2, 0.25) is 0 Å². The Balaban J connectivity index is 0.000000575. The number of hydrogen-bond donors (Lipinski definition) is 2. The van der Waals surface area contributed by atoms with Crippen LogP contribution < -0.4 is 11.1 Å². The number of hydrogen-bond acceptors (Lipinski definition) is 4. The summed E-state index contributed by atoms with van der Waals surface area (Å²) in [5.74, 6) is 5.58. The molecule has 4 aliphatic carbocycles. The quantitative estimate of drug-likeness (QED) is 0.327. The highest BCUT2D eigenvalue weighted by Gasteiger charge is 2.68. The summed E-state index contributed by atoms with van der Waals surface area (Å²) in [4.78, 5) is 12.7. The van der Waals surface area contributed by atoms with Gasteiger partial charge in [-0.1, -0.05) is 40.5 Å². The largest absolute Gasteiger partial charge is 0.352 e. The van der Waals surface area contributed by atoms with Crippen LogP contribution in [0.25, 0.3) is 0 Å². The molecule has 1 spiro atoms. The van der Waals surface area contributed by atoms with Gasteiger partial charge in [0.25, 0.3) is 0 Å². The van der Waals surface area contributed by atoms with Gasteiger partial charge in [0.1, 0.15) is 0 Å². The molecule has 41 heavy (non-hydrogen) atoms. The maximum atomic E-state index is 10.4. The number of ether oxygens (including phenoxy) is 2. The number of primary amides is 1. The summed E-state index contributed by atoms with van der Waals surface area (Å²) in [7, 11) is 2.08. The minimum atomic E-state index is -0.403. The Labute approximate surface area is 258 Å². The van der Waals surface area contributed by atoms with Crippen molar-refractivity contribution in [3.63, 3.8) is 0 Å². The van der Waals surface area contributed by atoms with Gasteiger partial charge in [-0.25, -0.2) is 4.79 Å². The highest BCUT2D eigenvalue weighted by atomic mass is 16.7. The molecule has 3 aliphatic heterocycles. The van der Waals surface area contributed by atoms with Crippen molar-refractivity contribution in [1.82, 2.24) is 10.2 Å². The van der Waals surface area contributed by atoms with Crippen molar-refractivity contribution in [3.05, 3.63) is 0 Å². The molecule has 0 radical (unpaired) electrons. The van der Waals surface area contributed by atoms with Crippen LogP contribution in [0.15, 0.2) is 0 Å². The maximum absolute atomic E-state index is 10.4. The van der Waals surface area contributed by atoms with E-state index in [9.17, 15) is 4.79 Å². The lowest BCUT2D eigenvalue weighted by Crippen LogP contribution is -2.53. The Kier molecular flexibility index (Phi) is 8.53. The molecule has 6 nitrogen and oxygen atoms in total. The maximum Gasteiger partial charge on any atom is 0.312 e. The Morgan fingerprint density at radius 2 is 1.68 bits per heavy atom. The highest BCUT2D eigenvalue weighted by molar-refractivity contribution is 5.71. The number of likely N-dealkylation sites (tertiary alicyclic amines) is 1. The molecule has 6 heteroatoms. The molecule has 3 heterocycles. The average molecular weight is 582 g/mol. The first-order valence-electron chi connectivity index (χ1n) is 17.6. The van der Waals surface area contributed by atoms with Crippen molar-refractivity contribution < 1.29 is 21.4 Å². The lowest BCUT2D eigenvalue weighted by atomic mass is 9.44. The zero-order valence-corrected chi connectivity index (χ0v) is 27.0. The van der Waals surface area contributed by atoms with E-state index in [-0.39, 0.29) is 12.9 Å². The predicted octanol–water partition coefficient (Wildman–Crippen LogP) is 8.19. The summed E-state index contributed by atoms with van der Waals surface area (Å²) in [6.07, 6.45) is 19.5. The zero-order chi connectivity index (χ0) is 29.0. The Bertz CT molecular complexity index is 960. The lowest BCUT2D eigenvalue weighted by Gasteiger charge is -2.60. The number of amides is 2. The van der Waals surface area contributed by atoms with E-state index in [0.717, 1.165) is 62.6 Å². The Morgan fingerprint density at radius 1 is 0.902 bits per heavy atom. The summed E-state index contributed by atoms with van der Waals surface area (Å²) in [6.45, 7) is 13.2. The minimum absolute atomic E-state index is 0. The van der Waals surface area contributed by atoms with Gasteiger partial charge in [0.2, 0.25) is 0 Å². The van der Waals surface area contributed by atoms with E-state index in [0.29, 0.717) is 40.7 Å². The molecule has 0 aromatic rings. The predicted molar refractivity (Wildman–Crippen MR) is 175 cm³/mol. The Morgan fingerprint density at radius 3 is 2.44 bits per heavy atom. The van der Waals surface area contributed by atoms with Gasteiger partial charge in [-0.3, -0.25) is 0 Å². The number of nitrogens with two attached hydrogens (primary N) is 1. The minimum Gasteiger partial charge on any atom is -0.352 e. The van der Waals surface area contributed by atoms with Crippen LogP contribution in [0.1, 0.15) is 125 Å². The van der Waals surface area contributed by atoms with Crippen molar-refractivity contribution in [2.45, 2.75) is 136 Å². The molecular weight excluding hydrogens is 510 g/mol. The molecule has 0 bridgehead atoms. The van der Waals surface area contributed by atoms with Crippen molar-refractivity contribution in [1.29, 1.82) is 0 Å². The van der Waals surface area contributed by atoms with E-state index in [2.05, 4.69) is 45.0 Å². The second-order valence-electron chi connectivity index (χ2n) is 16.4. The molecule has 4 saturated carbocycles. The first kappa shape index (κ1) is 30.2. The summed E-state index contributed by atoms with van der Waals surface area (Å²) in [6, 6.07) is -0.108. The van der Waals surface area contributed by atoms with Gasteiger partial charge in [0, 0.05) is 25.5 Å². The first-order valence-corrected chi connectivity index (χ1v) is 17.6. The molecule has 2 amide bonds. The molecule has 3 N–H and O–H groups in total. The Hall–Kier alpha value is -0.850. The zero-order valence-electron chi connectivity index (χ0n) is 27.0. The summed E-state index contributed by atoms with van der Waals surface area (Å²) in [5, 5.41) is 2.71. The fourth-order valence-electron chi connectivity index (χ4n) is 11.9. The van der Waals surface area contributed by atoms with Crippen LogP contribution in [0.4, 0.5) is 4.79 Å². The fraction of sp³-hybridized carbons (Fsp3) is 0.971. The monoisotopic (exact) mass is 582 g/mol. The number of carbonyl (C=O) groups is 1. The number of fused-ring (bicyclic) bond motifs is 7. The number of carbonyl (C=O) groups excluding carboxylic acids is 1. The molecule has 0 aromatic heterocycles. The number of rotatable bonds is 1. The van der Waals surface area contributed by atoms with Gasteiger partial charge in [-0.15, -0.1) is 0 Å². The van der Waals surface area contributed by atoms with Crippen molar-refractivity contribution in [2.24, 2.45) is 58.0 Å². The first-order chi connectivity index (χ1) is 19.6. The van der Waals surface area contributed by atoms with E-state index in [1.54, 1.807) is 0 Å². The highest BCUT2D eigenvalue weighted by Crippen LogP contribution is 2.71. The topological polar surface area (TPSA) is 76.8 Å². The SMILES string of the molecule is CC1CCC[C@@]2(OC1)O[C@H]1CC3[C@@H]4CC[C@@H]5CCCC[C@]5(C)C4CC[C@]3(C)C1[C@@H]2C.CN1CCC(NC(N)=O)CC1.[HH].[HH].[HH].[HH].[HH]. The summed E-state index contributed by atoms with van der Waals surface area (Å²) < 4.78 is 13.6. The van der Waals surface area contributed by atoms with E-state index >= 15 is 0 Å². The number of piperidine rings is 1. The normalized spacial score (nSPS) is 50.0. The van der Waals surface area contributed by atoms with Crippen LogP contribution >= 0.6 is 0 Å². The molecule has 7 rings (SSSR count). The van der Waals surface area contributed by atoms with E-state index < -0.39 is 6.03 Å². The van der Waals surface area contributed by atoms with Crippen molar-refractivity contribution in [2.75, 3.05) is 26.7 Å². The molecule has 3 saturated heterocycles. The van der Waals surface area contributed by atoms with Crippen LogP contribution in [-0.4, -0.2) is 55.6 Å². The second kappa shape index (κ2) is 11.6. The molecule has 244 valence electrons. The number of nitrogens with zero attached hydrogens (tertiary/aromatic N) is 1. The molecule has 0 aromatic carbocycles. The van der Waals surface area contributed by atoms with E-state index in [4.69, 9.17) is 15.2 Å². The van der Waals surface area contributed by atoms with Crippen LogP contribution in [-0.2, 0) is 9.47 Å². The van der Waals surface area contributed by atoms with Gasteiger partial charge in [0.15, 0.2) is 5.79 Å². The van der Waals surface area contributed by atoms with Gasteiger partial charge >= 0.3 is 6.03 Å². The smallest absolute Gasteiger partial charge is 0.312 e.